The molecule has 0 bridgehead atoms. The minimum absolute atomic E-state index is 0.245. The smallest absolute Gasteiger partial charge is 0.261 e. The fourth-order valence-electron chi connectivity index (χ4n) is 2.30. The Morgan fingerprint density at radius 1 is 1.14 bits per heavy atom. The maximum Gasteiger partial charge on any atom is 0.261 e. The maximum atomic E-state index is 12.2. The Kier molecular flexibility index (Phi) is 3.81. The van der Waals surface area contributed by atoms with Crippen molar-refractivity contribution in [3.63, 3.8) is 0 Å². The zero-order chi connectivity index (χ0) is 15.7. The molecule has 0 saturated heterocycles. The summed E-state index contributed by atoms with van der Waals surface area (Å²) in [4.78, 5) is 34.0. The Hall–Kier alpha value is -2.41. The van der Waals surface area contributed by atoms with Gasteiger partial charge in [-0.25, -0.2) is 9.97 Å². The molecular weight excluding hydrogens is 300 g/mol. The van der Waals surface area contributed by atoms with E-state index in [1.165, 1.54) is 16.7 Å². The van der Waals surface area contributed by atoms with Gasteiger partial charge in [-0.05, 0) is 19.1 Å². The summed E-state index contributed by atoms with van der Waals surface area (Å²) in [7, 11) is 0. The third kappa shape index (κ3) is 2.67. The van der Waals surface area contributed by atoms with Crippen molar-refractivity contribution in [3.05, 3.63) is 47.2 Å². The van der Waals surface area contributed by atoms with Crippen LogP contribution in [-0.4, -0.2) is 39.0 Å². The van der Waals surface area contributed by atoms with Gasteiger partial charge in [-0.1, -0.05) is 23.9 Å². The highest BCUT2D eigenvalue weighted by molar-refractivity contribution is 7.99. The Balaban J connectivity index is 1.66. The third-order valence-corrected chi connectivity index (χ3v) is 4.11. The first-order valence-corrected chi connectivity index (χ1v) is 7.74. The van der Waals surface area contributed by atoms with Gasteiger partial charge in [-0.15, -0.1) is 0 Å². The molecule has 3 rings (SSSR count). The molecular formula is C15H14N4O2S. The van der Waals surface area contributed by atoms with Crippen LogP contribution in [0.3, 0.4) is 0 Å². The molecule has 2 amide bonds. The van der Waals surface area contributed by atoms with Crippen LogP contribution in [0.1, 0.15) is 26.4 Å². The van der Waals surface area contributed by atoms with Crippen molar-refractivity contribution < 1.29 is 9.59 Å². The van der Waals surface area contributed by atoms with Gasteiger partial charge < -0.3 is 5.73 Å². The average Bonchev–Trinajstić information content (AvgIpc) is 2.72. The van der Waals surface area contributed by atoms with Gasteiger partial charge in [-0.2, -0.15) is 0 Å². The first-order chi connectivity index (χ1) is 10.6. The van der Waals surface area contributed by atoms with Gasteiger partial charge in [0.2, 0.25) is 0 Å². The summed E-state index contributed by atoms with van der Waals surface area (Å²) in [6, 6.07) is 8.55. The lowest BCUT2D eigenvalue weighted by Gasteiger charge is -2.12. The van der Waals surface area contributed by atoms with Crippen LogP contribution < -0.4 is 5.73 Å². The predicted molar refractivity (Wildman–Crippen MR) is 83.7 cm³/mol. The number of carbonyl (C=O) groups is 2. The first-order valence-electron chi connectivity index (χ1n) is 6.75. The number of anilines is 1. The quantitative estimate of drug-likeness (QED) is 0.525. The van der Waals surface area contributed by atoms with Crippen LogP contribution in [0.25, 0.3) is 0 Å². The van der Waals surface area contributed by atoms with Gasteiger partial charge in [-0.3, -0.25) is 14.5 Å². The van der Waals surface area contributed by atoms with E-state index in [2.05, 4.69) is 9.97 Å². The molecule has 1 aliphatic heterocycles. The number of hydrogen-bond acceptors (Lipinski definition) is 6. The highest BCUT2D eigenvalue weighted by Crippen LogP contribution is 2.23. The number of imide groups is 1. The van der Waals surface area contributed by atoms with Crippen LogP contribution in [0.5, 0.6) is 0 Å². The molecule has 1 aromatic heterocycles. The van der Waals surface area contributed by atoms with E-state index in [9.17, 15) is 9.59 Å². The molecule has 0 radical (unpaired) electrons. The molecule has 2 N–H and O–H groups in total. The average molecular weight is 314 g/mol. The molecule has 0 aliphatic carbocycles. The number of hydrogen-bond donors (Lipinski definition) is 1. The van der Waals surface area contributed by atoms with Gasteiger partial charge >= 0.3 is 0 Å². The zero-order valence-electron chi connectivity index (χ0n) is 11.9. The molecule has 1 aromatic carbocycles. The fourth-order valence-corrected chi connectivity index (χ4v) is 3.13. The van der Waals surface area contributed by atoms with E-state index >= 15 is 0 Å². The number of nitrogen functional groups attached to an aromatic ring is 1. The molecule has 22 heavy (non-hydrogen) atoms. The molecule has 0 fully saturated rings. The second-order valence-electron chi connectivity index (χ2n) is 4.87. The summed E-state index contributed by atoms with van der Waals surface area (Å²) in [6.07, 6.45) is 0. The van der Waals surface area contributed by atoms with Gasteiger partial charge in [0.1, 0.15) is 5.82 Å². The van der Waals surface area contributed by atoms with Crippen molar-refractivity contribution in [2.24, 2.45) is 0 Å². The number of aryl methyl sites for hydroxylation is 1. The summed E-state index contributed by atoms with van der Waals surface area (Å²) in [5, 5.41) is 0.550. The van der Waals surface area contributed by atoms with Crippen molar-refractivity contribution in [1.82, 2.24) is 14.9 Å². The molecule has 112 valence electrons. The summed E-state index contributed by atoms with van der Waals surface area (Å²) in [5.74, 6) is 0.446. The Morgan fingerprint density at radius 2 is 1.77 bits per heavy atom. The molecule has 0 spiro atoms. The van der Waals surface area contributed by atoms with Crippen LogP contribution in [0.2, 0.25) is 0 Å². The summed E-state index contributed by atoms with van der Waals surface area (Å²) >= 11 is 1.37. The first kappa shape index (κ1) is 14.5. The SMILES string of the molecule is Cc1cc(N)nc(SCCN2C(=O)c3ccccc3C2=O)n1. The Labute approximate surface area is 131 Å². The van der Waals surface area contributed by atoms with Gasteiger partial charge in [0.25, 0.3) is 11.8 Å². The summed E-state index contributed by atoms with van der Waals surface area (Å²) < 4.78 is 0. The summed E-state index contributed by atoms with van der Waals surface area (Å²) in [5.41, 5.74) is 7.39. The minimum Gasteiger partial charge on any atom is -0.384 e. The highest BCUT2D eigenvalue weighted by atomic mass is 32.2. The largest absolute Gasteiger partial charge is 0.384 e. The number of carbonyl (C=O) groups excluding carboxylic acids is 2. The number of amides is 2. The Morgan fingerprint density at radius 3 is 2.36 bits per heavy atom. The molecule has 7 heteroatoms. The van der Waals surface area contributed by atoms with Crippen molar-refractivity contribution in [3.8, 4) is 0 Å². The molecule has 1 aliphatic rings. The standard InChI is InChI=1S/C15H14N4O2S/c1-9-8-12(16)18-15(17-9)22-7-6-19-13(20)10-4-2-3-5-11(10)14(19)21/h2-5,8H,6-7H2,1H3,(H2,16,17,18). The molecule has 2 aromatic rings. The van der Waals surface area contributed by atoms with E-state index in [1.807, 2.05) is 6.92 Å². The lowest BCUT2D eigenvalue weighted by Crippen LogP contribution is -2.31. The van der Waals surface area contributed by atoms with E-state index in [1.54, 1.807) is 30.3 Å². The van der Waals surface area contributed by atoms with Crippen molar-refractivity contribution >= 4 is 29.4 Å². The predicted octanol–water partition coefficient (Wildman–Crippen LogP) is 1.76. The van der Waals surface area contributed by atoms with Gasteiger partial charge in [0.05, 0.1) is 11.1 Å². The second kappa shape index (κ2) is 5.76. The fraction of sp³-hybridized carbons (Fsp3) is 0.200. The monoisotopic (exact) mass is 314 g/mol. The number of aromatic nitrogens is 2. The topological polar surface area (TPSA) is 89.2 Å². The van der Waals surface area contributed by atoms with Crippen LogP contribution in [-0.2, 0) is 0 Å². The molecule has 6 nitrogen and oxygen atoms in total. The normalized spacial score (nSPS) is 13.6. The zero-order valence-corrected chi connectivity index (χ0v) is 12.8. The minimum atomic E-state index is -0.245. The van der Waals surface area contributed by atoms with E-state index in [0.29, 0.717) is 34.4 Å². The van der Waals surface area contributed by atoms with Crippen LogP contribution in [0.15, 0.2) is 35.5 Å². The van der Waals surface area contributed by atoms with E-state index in [4.69, 9.17) is 5.73 Å². The number of nitrogens with two attached hydrogens (primary N) is 1. The van der Waals surface area contributed by atoms with Crippen molar-refractivity contribution in [2.75, 3.05) is 18.0 Å². The van der Waals surface area contributed by atoms with E-state index < -0.39 is 0 Å². The summed E-state index contributed by atoms with van der Waals surface area (Å²) in [6.45, 7) is 2.15. The maximum absolute atomic E-state index is 12.2. The lowest BCUT2D eigenvalue weighted by molar-refractivity contribution is 0.0664. The number of nitrogens with zero attached hydrogens (tertiary/aromatic N) is 3. The van der Waals surface area contributed by atoms with Gasteiger partial charge in [0, 0.05) is 24.1 Å². The van der Waals surface area contributed by atoms with Crippen LogP contribution in [0, 0.1) is 6.92 Å². The van der Waals surface area contributed by atoms with Crippen LogP contribution >= 0.6 is 11.8 Å². The van der Waals surface area contributed by atoms with E-state index in [-0.39, 0.29) is 11.8 Å². The molecule has 2 heterocycles. The lowest BCUT2D eigenvalue weighted by atomic mass is 10.1. The van der Waals surface area contributed by atoms with Crippen LogP contribution in [0.4, 0.5) is 5.82 Å². The highest BCUT2D eigenvalue weighted by Gasteiger charge is 2.34. The molecule has 0 saturated carbocycles. The van der Waals surface area contributed by atoms with Crippen molar-refractivity contribution in [1.29, 1.82) is 0 Å². The second-order valence-corrected chi connectivity index (χ2v) is 5.93. The van der Waals surface area contributed by atoms with Gasteiger partial charge in [0.15, 0.2) is 5.16 Å². The van der Waals surface area contributed by atoms with E-state index in [0.717, 1.165) is 5.69 Å². The number of rotatable bonds is 4. The Bertz CT molecular complexity index is 708. The number of benzene rings is 1. The third-order valence-electron chi connectivity index (χ3n) is 3.28. The molecule has 0 unspecified atom stereocenters. The number of thioether (sulfide) groups is 1. The number of fused-ring (bicyclic) bond motifs is 1. The van der Waals surface area contributed by atoms with Crippen molar-refractivity contribution in [2.45, 2.75) is 12.1 Å². The molecule has 0 atom stereocenters.